The smallest absolute Gasteiger partial charge is 0.160 e. The molecule has 0 unspecified atom stereocenters. The van der Waals surface area contributed by atoms with Crippen molar-refractivity contribution in [1.29, 1.82) is 0 Å². The third kappa shape index (κ3) is 4.43. The predicted molar refractivity (Wildman–Crippen MR) is 240 cm³/mol. The van der Waals surface area contributed by atoms with Crippen LogP contribution in [0.4, 0.5) is 0 Å². The van der Waals surface area contributed by atoms with Gasteiger partial charge < -0.3 is 8.98 Å². The Labute approximate surface area is 329 Å². The lowest BCUT2D eigenvalue weighted by Crippen LogP contribution is -1.98. The van der Waals surface area contributed by atoms with Crippen LogP contribution in [0.5, 0.6) is 0 Å². The molecule has 0 atom stereocenters. The summed E-state index contributed by atoms with van der Waals surface area (Å²) in [5.74, 6) is 0.680. The van der Waals surface area contributed by atoms with E-state index in [0.717, 1.165) is 76.5 Å². The van der Waals surface area contributed by atoms with E-state index < -0.39 is 0 Å². The number of benzene rings is 9. The number of fused-ring (bicyclic) bond motifs is 14. The summed E-state index contributed by atoms with van der Waals surface area (Å²) in [6, 6.07) is 63.0. The molecule has 4 aromatic heterocycles. The monoisotopic (exact) mass is 743 g/mol. The van der Waals surface area contributed by atoms with Gasteiger partial charge in [-0.25, -0.2) is 9.97 Å². The summed E-state index contributed by atoms with van der Waals surface area (Å²) in [6.45, 7) is 0. The van der Waals surface area contributed by atoms with E-state index in [9.17, 15) is 0 Å². The van der Waals surface area contributed by atoms with Crippen molar-refractivity contribution in [3.63, 3.8) is 0 Å². The van der Waals surface area contributed by atoms with Gasteiger partial charge in [0.2, 0.25) is 0 Å². The highest BCUT2D eigenvalue weighted by Gasteiger charge is 2.24. The van der Waals surface area contributed by atoms with Gasteiger partial charge in [-0.15, -0.1) is 11.3 Å². The van der Waals surface area contributed by atoms with E-state index in [0.29, 0.717) is 5.82 Å². The van der Waals surface area contributed by atoms with E-state index in [2.05, 4.69) is 180 Å². The standard InChI is InChI=1S/C52H29N3OS/c1-2-14-32(15-3-1)48-51-49(38-20-10-11-21-45(38)57-51)54-52(53-48)35-27-40-39-26-33-16-4-5-17-34(33)29-44(39)56-50(40)43(28-35)55-41-24-22-30-12-6-8-18-36(30)46(41)47-37-19-9-7-13-31(37)23-25-42(47)55/h1-29H. The van der Waals surface area contributed by atoms with Crippen LogP contribution in [0, 0.1) is 0 Å². The van der Waals surface area contributed by atoms with Crippen LogP contribution < -0.4 is 0 Å². The molecule has 0 N–H and O–H groups in total. The van der Waals surface area contributed by atoms with Gasteiger partial charge in [0.1, 0.15) is 5.58 Å². The van der Waals surface area contributed by atoms with Crippen molar-refractivity contribution in [1.82, 2.24) is 14.5 Å². The minimum Gasteiger partial charge on any atom is -0.454 e. The number of hydrogen-bond donors (Lipinski definition) is 0. The number of thiophene rings is 1. The van der Waals surface area contributed by atoms with Crippen LogP contribution >= 0.6 is 11.3 Å². The van der Waals surface area contributed by atoms with E-state index >= 15 is 0 Å². The minimum atomic E-state index is 0.680. The second-order valence-electron chi connectivity index (χ2n) is 14.9. The maximum Gasteiger partial charge on any atom is 0.160 e. The van der Waals surface area contributed by atoms with Gasteiger partial charge in [-0.05, 0) is 74.8 Å². The number of rotatable bonds is 3. The maximum atomic E-state index is 7.03. The fourth-order valence-electron chi connectivity index (χ4n) is 9.16. The van der Waals surface area contributed by atoms with Crippen LogP contribution in [0.3, 0.4) is 0 Å². The summed E-state index contributed by atoms with van der Waals surface area (Å²) in [6.07, 6.45) is 0. The third-order valence-electron chi connectivity index (χ3n) is 11.7. The van der Waals surface area contributed by atoms with Gasteiger partial charge in [-0.2, -0.15) is 0 Å². The molecule has 57 heavy (non-hydrogen) atoms. The number of aromatic nitrogens is 3. The fraction of sp³-hybridized carbons (Fsp3) is 0. The molecule has 13 rings (SSSR count). The summed E-state index contributed by atoms with van der Waals surface area (Å²) < 4.78 is 11.7. The zero-order valence-corrected chi connectivity index (χ0v) is 31.2. The van der Waals surface area contributed by atoms with Crippen molar-refractivity contribution in [2.75, 3.05) is 0 Å². The Morgan fingerprint density at radius 1 is 0.456 bits per heavy atom. The zero-order valence-electron chi connectivity index (χ0n) is 30.4. The van der Waals surface area contributed by atoms with E-state index in [1.165, 1.54) is 42.4 Å². The number of nitrogens with zero attached hydrogens (tertiary/aromatic N) is 3. The van der Waals surface area contributed by atoms with Crippen molar-refractivity contribution < 1.29 is 4.42 Å². The van der Waals surface area contributed by atoms with Crippen molar-refractivity contribution in [2.45, 2.75) is 0 Å². The highest BCUT2D eigenvalue weighted by atomic mass is 32.1. The molecular formula is C52H29N3OS. The maximum absolute atomic E-state index is 7.03. The SMILES string of the molecule is c1ccc(-c2nc(-c3cc(-n4c5ccc6ccccc6c5c5c6ccccc6ccc54)c4oc5cc6ccccc6cc5c4c3)nc3c2sc2ccccc23)cc1. The van der Waals surface area contributed by atoms with Gasteiger partial charge in [0.25, 0.3) is 0 Å². The lowest BCUT2D eigenvalue weighted by Gasteiger charge is -2.13. The Bertz CT molecular complexity index is 3720. The first-order valence-corrected chi connectivity index (χ1v) is 20.0. The van der Waals surface area contributed by atoms with Crippen LogP contribution in [0.2, 0.25) is 0 Å². The zero-order chi connectivity index (χ0) is 37.2. The normalized spacial score (nSPS) is 12.2. The Kier molecular flexibility index (Phi) is 6.29. The van der Waals surface area contributed by atoms with Gasteiger partial charge >= 0.3 is 0 Å². The van der Waals surface area contributed by atoms with Crippen molar-refractivity contribution in [3.05, 3.63) is 176 Å². The van der Waals surface area contributed by atoms with E-state index in [4.69, 9.17) is 14.4 Å². The summed E-state index contributed by atoms with van der Waals surface area (Å²) in [7, 11) is 0. The van der Waals surface area contributed by atoms with E-state index in [1.807, 2.05) is 0 Å². The first-order chi connectivity index (χ1) is 28.2. The lowest BCUT2D eigenvalue weighted by atomic mass is 10.00. The van der Waals surface area contributed by atoms with Crippen LogP contribution in [-0.4, -0.2) is 14.5 Å². The average Bonchev–Trinajstić information content (AvgIpc) is 3.95. The van der Waals surface area contributed by atoms with Gasteiger partial charge in [-0.3, -0.25) is 0 Å². The Morgan fingerprint density at radius 3 is 1.79 bits per heavy atom. The second-order valence-corrected chi connectivity index (χ2v) is 16.0. The molecule has 264 valence electrons. The van der Waals surface area contributed by atoms with Gasteiger partial charge in [0.05, 0.1) is 32.6 Å². The fourth-order valence-corrected chi connectivity index (χ4v) is 10.3. The minimum absolute atomic E-state index is 0.680. The number of hydrogen-bond acceptors (Lipinski definition) is 4. The molecule has 0 aliphatic heterocycles. The Morgan fingerprint density at radius 2 is 1.07 bits per heavy atom. The quantitative estimate of drug-likeness (QED) is 0.181. The van der Waals surface area contributed by atoms with Crippen LogP contribution in [0.15, 0.2) is 180 Å². The average molecular weight is 744 g/mol. The first kappa shape index (κ1) is 30.9. The number of furan rings is 1. The van der Waals surface area contributed by atoms with Crippen LogP contribution in [0.25, 0.3) is 125 Å². The molecule has 0 spiro atoms. The van der Waals surface area contributed by atoms with E-state index in [1.54, 1.807) is 11.3 Å². The molecule has 5 heteroatoms. The highest BCUT2D eigenvalue weighted by molar-refractivity contribution is 7.26. The molecule has 0 saturated heterocycles. The molecule has 0 aliphatic carbocycles. The molecule has 13 aromatic rings. The lowest BCUT2D eigenvalue weighted by molar-refractivity contribution is 0.667. The topological polar surface area (TPSA) is 43.9 Å². The molecule has 0 bridgehead atoms. The molecule has 4 nitrogen and oxygen atoms in total. The Balaban J connectivity index is 1.21. The van der Waals surface area contributed by atoms with Crippen LogP contribution in [-0.2, 0) is 0 Å². The highest BCUT2D eigenvalue weighted by Crippen LogP contribution is 2.45. The molecule has 0 fully saturated rings. The Hall–Kier alpha value is -7.34. The van der Waals surface area contributed by atoms with E-state index in [-0.39, 0.29) is 0 Å². The summed E-state index contributed by atoms with van der Waals surface area (Å²) in [5.41, 5.74) is 8.78. The predicted octanol–water partition coefficient (Wildman–Crippen LogP) is 14.6. The molecule has 0 saturated carbocycles. The molecule has 9 aromatic carbocycles. The van der Waals surface area contributed by atoms with Gasteiger partial charge in [-0.1, -0.05) is 133 Å². The van der Waals surface area contributed by atoms with Gasteiger partial charge in [0, 0.05) is 42.8 Å². The second kappa shape index (κ2) is 11.6. The summed E-state index contributed by atoms with van der Waals surface area (Å²) in [4.78, 5) is 10.9. The van der Waals surface area contributed by atoms with Gasteiger partial charge in [0.15, 0.2) is 11.4 Å². The molecule has 0 aliphatic rings. The van der Waals surface area contributed by atoms with Crippen molar-refractivity contribution in [3.8, 4) is 28.3 Å². The van der Waals surface area contributed by atoms with Crippen molar-refractivity contribution >= 4 is 108 Å². The molecule has 4 heterocycles. The molecule has 0 amide bonds. The van der Waals surface area contributed by atoms with Crippen molar-refractivity contribution in [2.24, 2.45) is 0 Å². The third-order valence-corrected chi connectivity index (χ3v) is 12.9. The molecule has 0 radical (unpaired) electrons. The summed E-state index contributed by atoms with van der Waals surface area (Å²) >= 11 is 1.76. The van der Waals surface area contributed by atoms with Crippen LogP contribution in [0.1, 0.15) is 0 Å². The first-order valence-electron chi connectivity index (χ1n) is 19.2. The largest absolute Gasteiger partial charge is 0.454 e. The molecular weight excluding hydrogens is 715 g/mol. The summed E-state index contributed by atoms with van der Waals surface area (Å²) in [5, 5.41) is 12.9.